The van der Waals surface area contributed by atoms with Crippen molar-refractivity contribution >= 4 is 22.9 Å². The highest BCUT2D eigenvalue weighted by Crippen LogP contribution is 2.19. The molecule has 4 rings (SSSR count). The second-order valence-corrected chi connectivity index (χ2v) is 11.9. The molecule has 2 bridgehead atoms. The molecule has 3 saturated heterocycles. The fourth-order valence-corrected chi connectivity index (χ4v) is 4.52. The van der Waals surface area contributed by atoms with Crippen molar-refractivity contribution in [3.05, 3.63) is 29.8 Å². The molecule has 0 atom stereocenters. The number of thiocarbonyl (C=S) groups is 1. The summed E-state index contributed by atoms with van der Waals surface area (Å²) in [5.74, 6) is 0. The number of hydrogen-bond acceptors (Lipinski definition) is 9. The fourth-order valence-electron chi connectivity index (χ4n) is 4.40. The van der Waals surface area contributed by atoms with Gasteiger partial charge in [0, 0.05) is 96.2 Å². The third-order valence-corrected chi connectivity index (χ3v) is 7.53. The Kier molecular flexibility index (Phi) is 11.5. The maximum Gasteiger partial charge on any atom is 0.0851 e. The second kappa shape index (κ2) is 14.1. The summed E-state index contributed by atoms with van der Waals surface area (Å²) >= 11 is 5.54. The largest absolute Gasteiger partial charge is 0.350 e. The van der Waals surface area contributed by atoms with E-state index >= 15 is 0 Å². The van der Waals surface area contributed by atoms with Crippen molar-refractivity contribution < 1.29 is 0 Å². The van der Waals surface area contributed by atoms with Gasteiger partial charge in [-0.1, -0.05) is 45.1 Å². The number of rotatable bonds is 4. The summed E-state index contributed by atoms with van der Waals surface area (Å²) in [5, 5.41) is 29.0. The van der Waals surface area contributed by atoms with Gasteiger partial charge in [0.05, 0.1) is 16.1 Å². The van der Waals surface area contributed by atoms with Gasteiger partial charge in [0.25, 0.3) is 0 Å². The van der Waals surface area contributed by atoms with E-state index < -0.39 is 0 Å². The zero-order valence-corrected chi connectivity index (χ0v) is 23.3. The van der Waals surface area contributed by atoms with Crippen LogP contribution in [0.4, 0.5) is 5.69 Å². The molecule has 1 aromatic carbocycles. The first-order valence-corrected chi connectivity index (χ1v) is 13.8. The Morgan fingerprint density at radius 1 is 0.778 bits per heavy atom. The Bertz CT molecular complexity index is 750. The maximum atomic E-state index is 6.70. The number of nitrogens with one attached hydrogen (secondary N) is 8. The molecule has 0 amide bonds. The van der Waals surface area contributed by atoms with Crippen molar-refractivity contribution in [3.63, 3.8) is 0 Å². The van der Waals surface area contributed by atoms with Crippen LogP contribution >= 0.6 is 12.2 Å². The number of nitrogens with two attached hydrogens (primary N) is 1. The summed E-state index contributed by atoms with van der Waals surface area (Å²) in [6.45, 7) is 17.5. The van der Waals surface area contributed by atoms with Gasteiger partial charge in [-0.25, -0.2) is 0 Å². The van der Waals surface area contributed by atoms with Gasteiger partial charge in [0.2, 0.25) is 0 Å². The van der Waals surface area contributed by atoms with Crippen molar-refractivity contribution in [3.8, 4) is 0 Å². The molecule has 9 nitrogen and oxygen atoms in total. The van der Waals surface area contributed by atoms with E-state index in [0.29, 0.717) is 0 Å². The van der Waals surface area contributed by atoms with Crippen LogP contribution in [-0.2, 0) is 6.54 Å². The second-order valence-electron chi connectivity index (χ2n) is 11.5. The minimum Gasteiger partial charge on any atom is -0.350 e. The monoisotopic (exact) mass is 519 g/mol. The molecular weight excluding hydrogens is 470 g/mol. The Morgan fingerprint density at radius 3 is 1.61 bits per heavy atom. The van der Waals surface area contributed by atoms with E-state index in [1.165, 1.54) is 5.56 Å². The Labute approximate surface area is 223 Å². The molecule has 10 N–H and O–H groups in total. The van der Waals surface area contributed by atoms with E-state index in [1.807, 2.05) is 0 Å². The lowest BCUT2D eigenvalue weighted by atomic mass is 9.96. The molecule has 0 aromatic heterocycles. The average Bonchev–Trinajstić information content (AvgIpc) is 2.84. The van der Waals surface area contributed by atoms with Gasteiger partial charge in [-0.15, -0.1) is 0 Å². The highest BCUT2D eigenvalue weighted by Gasteiger charge is 2.30. The van der Waals surface area contributed by atoms with Gasteiger partial charge in [-0.05, 0) is 17.7 Å². The van der Waals surface area contributed by atoms with Crippen LogP contribution in [0, 0.1) is 5.41 Å². The van der Waals surface area contributed by atoms with Crippen molar-refractivity contribution in [1.82, 2.24) is 37.2 Å². The number of benzene rings is 1. The Hall–Kier alpha value is -1.21. The molecule has 0 aliphatic carbocycles. The maximum absolute atomic E-state index is 6.70. The number of hydrogen-bond donors (Lipinski definition) is 9. The van der Waals surface area contributed by atoms with Crippen LogP contribution < -0.4 is 48.3 Å². The van der Waals surface area contributed by atoms with Crippen molar-refractivity contribution in [1.29, 1.82) is 0 Å². The third kappa shape index (κ3) is 9.92. The summed E-state index contributed by atoms with van der Waals surface area (Å²) in [4.78, 5) is 0.852. The van der Waals surface area contributed by atoms with Crippen LogP contribution in [-0.4, -0.2) is 94.6 Å². The molecule has 10 heteroatoms. The zero-order valence-electron chi connectivity index (χ0n) is 22.5. The minimum atomic E-state index is -0.303. The summed E-state index contributed by atoms with van der Waals surface area (Å²) < 4.78 is 0. The summed E-state index contributed by atoms with van der Waals surface area (Å²) in [7, 11) is 0. The zero-order chi connectivity index (χ0) is 25.9. The first kappa shape index (κ1) is 29.3. The van der Waals surface area contributed by atoms with Crippen molar-refractivity contribution in [2.24, 2.45) is 11.1 Å². The first-order chi connectivity index (χ1) is 17.2. The number of fused-ring (bicyclic) bond motifs is 15. The van der Waals surface area contributed by atoms with Gasteiger partial charge in [-0.3, -0.25) is 0 Å². The highest BCUT2D eigenvalue weighted by atomic mass is 32.1. The summed E-state index contributed by atoms with van der Waals surface area (Å²) in [5.41, 5.74) is 8.50. The highest BCUT2D eigenvalue weighted by molar-refractivity contribution is 7.80. The predicted octanol–water partition coefficient (Wildman–Crippen LogP) is -0.437. The Morgan fingerprint density at radius 2 is 1.19 bits per heavy atom. The molecule has 0 unspecified atom stereocenters. The Balaban J connectivity index is 1.66. The van der Waals surface area contributed by atoms with Crippen LogP contribution in [0.1, 0.15) is 26.3 Å². The number of anilines is 1. The topological polar surface area (TPSA) is 122 Å². The van der Waals surface area contributed by atoms with E-state index in [-0.39, 0.29) is 16.5 Å². The quantitative estimate of drug-likeness (QED) is 0.242. The molecular formula is C26H49N9S. The summed E-state index contributed by atoms with van der Waals surface area (Å²) in [6.07, 6.45) is 0. The minimum absolute atomic E-state index is 0.0482. The molecule has 3 fully saturated rings. The van der Waals surface area contributed by atoms with Crippen LogP contribution in [0.2, 0.25) is 0 Å². The lowest BCUT2D eigenvalue weighted by Crippen LogP contribution is -2.66. The molecule has 3 aliphatic rings. The van der Waals surface area contributed by atoms with Crippen LogP contribution in [0.25, 0.3) is 0 Å². The van der Waals surface area contributed by atoms with Gasteiger partial charge >= 0.3 is 0 Å². The van der Waals surface area contributed by atoms with Gasteiger partial charge < -0.3 is 48.3 Å². The molecule has 3 aliphatic heterocycles. The van der Waals surface area contributed by atoms with Crippen molar-refractivity contribution in [2.75, 3.05) is 83.9 Å². The van der Waals surface area contributed by atoms with Crippen LogP contribution in [0.5, 0.6) is 0 Å². The molecule has 0 saturated carbocycles. The normalized spacial score (nSPS) is 27.7. The van der Waals surface area contributed by atoms with E-state index in [1.54, 1.807) is 0 Å². The molecule has 0 spiro atoms. The van der Waals surface area contributed by atoms with E-state index in [2.05, 4.69) is 87.6 Å². The van der Waals surface area contributed by atoms with Crippen LogP contribution in [0.3, 0.4) is 0 Å². The molecule has 1 aromatic rings. The van der Waals surface area contributed by atoms with Gasteiger partial charge in [0.15, 0.2) is 0 Å². The third-order valence-electron chi connectivity index (χ3n) is 6.82. The standard InChI is InChI=1S/C26H49N9S/c1-24(2,3)23(36)35-22-6-4-21(5-7-22)14-34-26-18-31-11-8-28-15-25(27,16-29-9-12-32-19-26)17-30-10-13-33-20-26/h4-7,28-34H,8-20,27H2,1-3H3,(H,35,36). The molecule has 0 radical (unpaired) electrons. The lowest BCUT2D eigenvalue weighted by Gasteiger charge is -2.37. The molecule has 36 heavy (non-hydrogen) atoms. The fraction of sp³-hybridized carbons (Fsp3) is 0.731. The SMILES string of the molecule is CC(C)(C)C(=S)Nc1ccc(CNC23CNCCNCC(N)(CNCCNC2)CNCCNC3)cc1. The van der Waals surface area contributed by atoms with Gasteiger partial charge in [0.1, 0.15) is 0 Å². The predicted molar refractivity (Wildman–Crippen MR) is 156 cm³/mol. The van der Waals surface area contributed by atoms with Gasteiger partial charge in [-0.2, -0.15) is 0 Å². The smallest absolute Gasteiger partial charge is 0.0851 e. The van der Waals surface area contributed by atoms with E-state index in [0.717, 1.165) is 95.8 Å². The van der Waals surface area contributed by atoms with Crippen molar-refractivity contribution in [2.45, 2.75) is 38.4 Å². The van der Waals surface area contributed by atoms with E-state index in [4.69, 9.17) is 18.0 Å². The van der Waals surface area contributed by atoms with Crippen LogP contribution in [0.15, 0.2) is 24.3 Å². The molecule has 3 heterocycles. The first-order valence-electron chi connectivity index (χ1n) is 13.4. The molecule has 204 valence electrons. The van der Waals surface area contributed by atoms with E-state index in [9.17, 15) is 0 Å². The average molecular weight is 520 g/mol. The summed E-state index contributed by atoms with van der Waals surface area (Å²) in [6, 6.07) is 8.58. The lowest BCUT2D eigenvalue weighted by molar-refractivity contribution is 0.269.